The molecule has 2 aromatic carbocycles. The molecule has 3 heteroatoms. The number of rotatable bonds is 5. The minimum Gasteiger partial charge on any atom is -0.383 e. The van der Waals surface area contributed by atoms with Crippen molar-refractivity contribution in [3.05, 3.63) is 64.7 Å². The van der Waals surface area contributed by atoms with Gasteiger partial charge in [-0.25, -0.2) is 0 Å². The smallest absolute Gasteiger partial charge is 0.0992 e. The molecule has 1 N–H and O–H groups in total. The highest BCUT2D eigenvalue weighted by molar-refractivity contribution is 6.33. The second-order valence-corrected chi connectivity index (χ2v) is 5.86. The Balaban J connectivity index is 2.15. The second-order valence-electron chi connectivity index (χ2n) is 5.45. The van der Waals surface area contributed by atoms with Gasteiger partial charge in [0.25, 0.3) is 0 Å². The highest BCUT2D eigenvalue weighted by Gasteiger charge is 2.16. The fraction of sp³-hybridized carbons (Fsp3) is 0.278. The van der Waals surface area contributed by atoms with Crippen LogP contribution in [0.3, 0.4) is 0 Å². The number of hydrogen-bond donors (Lipinski definition) is 1. The average Bonchev–Trinajstić information content (AvgIpc) is 2.50. The minimum atomic E-state index is 0.396. The van der Waals surface area contributed by atoms with Gasteiger partial charge in [0.15, 0.2) is 0 Å². The summed E-state index contributed by atoms with van der Waals surface area (Å²) in [5.74, 6) is 0.908. The van der Waals surface area contributed by atoms with E-state index in [1.165, 1.54) is 5.56 Å². The fourth-order valence-corrected chi connectivity index (χ4v) is 2.57. The van der Waals surface area contributed by atoms with E-state index < -0.39 is 0 Å². The Morgan fingerprint density at radius 2 is 1.86 bits per heavy atom. The number of nitriles is 1. The first-order valence-electron chi connectivity index (χ1n) is 7.10. The van der Waals surface area contributed by atoms with Crippen LogP contribution >= 0.6 is 11.6 Å². The molecule has 21 heavy (non-hydrogen) atoms. The van der Waals surface area contributed by atoms with E-state index in [9.17, 15) is 0 Å². The molecular formula is C18H19ClN2. The lowest BCUT2D eigenvalue weighted by Crippen LogP contribution is -2.18. The summed E-state index contributed by atoms with van der Waals surface area (Å²) in [6.07, 6.45) is 0. The summed E-state index contributed by atoms with van der Waals surface area (Å²) in [5, 5.41) is 13.0. The van der Waals surface area contributed by atoms with Gasteiger partial charge in [-0.15, -0.1) is 0 Å². The molecule has 0 heterocycles. The third-order valence-electron chi connectivity index (χ3n) is 3.64. The summed E-state index contributed by atoms with van der Waals surface area (Å²) in [6.45, 7) is 5.22. The Morgan fingerprint density at radius 3 is 2.48 bits per heavy atom. The lowest BCUT2D eigenvalue weighted by molar-refractivity contribution is 0.517. The lowest BCUT2D eigenvalue weighted by atomic mass is 9.88. The standard InChI is InChI=1S/C18H19ClN2/c1-13(2)16(15-6-4-3-5-7-15)12-21-18-10-14(11-20)8-9-17(18)19/h3-10,13,16,21H,12H2,1-2H3. The SMILES string of the molecule is CC(C)C(CNc1cc(C#N)ccc1Cl)c1ccccc1. The number of nitrogens with one attached hydrogen (secondary N) is 1. The first-order chi connectivity index (χ1) is 10.1. The molecule has 0 fully saturated rings. The number of anilines is 1. The molecule has 0 aliphatic carbocycles. The largest absolute Gasteiger partial charge is 0.383 e. The van der Waals surface area contributed by atoms with Crippen molar-refractivity contribution in [2.45, 2.75) is 19.8 Å². The van der Waals surface area contributed by atoms with Crippen LogP contribution < -0.4 is 5.32 Å². The molecule has 0 bridgehead atoms. The molecule has 2 nitrogen and oxygen atoms in total. The third-order valence-corrected chi connectivity index (χ3v) is 3.97. The van der Waals surface area contributed by atoms with E-state index in [0.717, 1.165) is 12.2 Å². The van der Waals surface area contributed by atoms with Crippen molar-refractivity contribution < 1.29 is 0 Å². The summed E-state index contributed by atoms with van der Waals surface area (Å²) in [6, 6.07) is 17.9. The Labute approximate surface area is 131 Å². The highest BCUT2D eigenvalue weighted by Crippen LogP contribution is 2.27. The van der Waals surface area contributed by atoms with Crippen molar-refractivity contribution in [2.75, 3.05) is 11.9 Å². The highest BCUT2D eigenvalue weighted by atomic mass is 35.5. The van der Waals surface area contributed by atoms with Crippen molar-refractivity contribution >= 4 is 17.3 Å². The monoisotopic (exact) mass is 298 g/mol. The predicted molar refractivity (Wildman–Crippen MR) is 88.7 cm³/mol. The van der Waals surface area contributed by atoms with E-state index in [1.807, 2.05) is 6.07 Å². The normalized spacial score (nSPS) is 12.0. The van der Waals surface area contributed by atoms with Crippen LogP contribution in [0.2, 0.25) is 5.02 Å². The van der Waals surface area contributed by atoms with Gasteiger partial charge in [-0.1, -0.05) is 55.8 Å². The van der Waals surface area contributed by atoms with E-state index >= 15 is 0 Å². The Hall–Kier alpha value is -1.98. The van der Waals surface area contributed by atoms with Gasteiger partial charge in [-0.3, -0.25) is 0 Å². The summed E-state index contributed by atoms with van der Waals surface area (Å²) >= 11 is 6.19. The molecule has 0 aliphatic rings. The van der Waals surface area contributed by atoms with Crippen LogP contribution in [0.1, 0.15) is 30.9 Å². The zero-order valence-electron chi connectivity index (χ0n) is 12.3. The van der Waals surface area contributed by atoms with E-state index in [-0.39, 0.29) is 0 Å². The van der Waals surface area contributed by atoms with Crippen molar-refractivity contribution in [1.29, 1.82) is 5.26 Å². The zero-order chi connectivity index (χ0) is 15.2. The molecule has 0 spiro atoms. The number of halogens is 1. The second kappa shape index (κ2) is 7.15. The quantitative estimate of drug-likeness (QED) is 0.837. The number of benzene rings is 2. The van der Waals surface area contributed by atoms with Gasteiger partial charge in [-0.2, -0.15) is 5.26 Å². The third kappa shape index (κ3) is 4.00. The van der Waals surface area contributed by atoms with Crippen molar-refractivity contribution in [1.82, 2.24) is 0 Å². The zero-order valence-corrected chi connectivity index (χ0v) is 13.1. The molecule has 0 saturated carbocycles. The lowest BCUT2D eigenvalue weighted by Gasteiger charge is -2.23. The van der Waals surface area contributed by atoms with Crippen LogP contribution in [0.5, 0.6) is 0 Å². The maximum absolute atomic E-state index is 8.98. The van der Waals surface area contributed by atoms with Gasteiger partial charge in [0.05, 0.1) is 22.3 Å². The van der Waals surface area contributed by atoms with Crippen LogP contribution in [-0.4, -0.2) is 6.54 Å². The molecular weight excluding hydrogens is 280 g/mol. The number of nitrogens with zero attached hydrogens (tertiary/aromatic N) is 1. The topological polar surface area (TPSA) is 35.8 Å². The number of hydrogen-bond acceptors (Lipinski definition) is 2. The molecule has 0 aliphatic heterocycles. The summed E-state index contributed by atoms with van der Waals surface area (Å²) in [4.78, 5) is 0. The van der Waals surface area contributed by atoms with Crippen molar-refractivity contribution in [3.8, 4) is 6.07 Å². The molecule has 1 unspecified atom stereocenters. The van der Waals surface area contributed by atoms with Crippen LogP contribution in [0.4, 0.5) is 5.69 Å². The first-order valence-corrected chi connectivity index (χ1v) is 7.48. The van der Waals surface area contributed by atoms with E-state index in [1.54, 1.807) is 18.2 Å². The Bertz CT molecular complexity index is 629. The summed E-state index contributed by atoms with van der Waals surface area (Å²) in [5.41, 5.74) is 2.74. The van der Waals surface area contributed by atoms with Crippen LogP contribution in [0.25, 0.3) is 0 Å². The molecule has 0 radical (unpaired) electrons. The Morgan fingerprint density at radius 1 is 1.14 bits per heavy atom. The minimum absolute atomic E-state index is 0.396. The van der Waals surface area contributed by atoms with Gasteiger partial charge < -0.3 is 5.32 Å². The molecule has 0 saturated heterocycles. The van der Waals surface area contributed by atoms with Gasteiger partial charge in [-0.05, 0) is 29.7 Å². The predicted octanol–water partition coefficient (Wildman–Crippen LogP) is 5.06. The molecule has 108 valence electrons. The maximum atomic E-state index is 8.98. The first kappa shape index (κ1) is 15.4. The van der Waals surface area contributed by atoms with Gasteiger partial charge in [0.1, 0.15) is 0 Å². The maximum Gasteiger partial charge on any atom is 0.0992 e. The van der Waals surface area contributed by atoms with Crippen LogP contribution in [0, 0.1) is 17.2 Å². The average molecular weight is 299 g/mol. The summed E-state index contributed by atoms with van der Waals surface area (Å²) in [7, 11) is 0. The fourth-order valence-electron chi connectivity index (χ4n) is 2.39. The molecule has 2 aromatic rings. The molecule has 2 rings (SSSR count). The van der Waals surface area contributed by atoms with Gasteiger partial charge >= 0.3 is 0 Å². The van der Waals surface area contributed by atoms with E-state index in [0.29, 0.717) is 22.4 Å². The molecule has 0 aromatic heterocycles. The molecule has 0 amide bonds. The van der Waals surface area contributed by atoms with E-state index in [4.69, 9.17) is 16.9 Å². The van der Waals surface area contributed by atoms with Gasteiger partial charge in [0.2, 0.25) is 0 Å². The Kier molecular flexibility index (Phi) is 5.25. The summed E-state index contributed by atoms with van der Waals surface area (Å²) < 4.78 is 0. The van der Waals surface area contributed by atoms with Crippen LogP contribution in [0.15, 0.2) is 48.5 Å². The van der Waals surface area contributed by atoms with Crippen LogP contribution in [-0.2, 0) is 0 Å². The van der Waals surface area contributed by atoms with Gasteiger partial charge in [0, 0.05) is 12.5 Å². The van der Waals surface area contributed by atoms with Crippen molar-refractivity contribution in [3.63, 3.8) is 0 Å². The molecule has 1 atom stereocenters. The van der Waals surface area contributed by atoms with Crippen molar-refractivity contribution in [2.24, 2.45) is 5.92 Å². The van der Waals surface area contributed by atoms with E-state index in [2.05, 4.69) is 49.5 Å².